The maximum Gasteiger partial charge on any atom is 0.258 e. The fourth-order valence-electron chi connectivity index (χ4n) is 3.24. The second-order valence-electron chi connectivity index (χ2n) is 6.53. The second-order valence-corrected chi connectivity index (χ2v) is 7.94. The smallest absolute Gasteiger partial charge is 0.258 e. The summed E-state index contributed by atoms with van der Waals surface area (Å²) in [6.45, 7) is 2.82. The van der Waals surface area contributed by atoms with E-state index in [0.717, 1.165) is 13.1 Å². The van der Waals surface area contributed by atoms with E-state index in [1.807, 2.05) is 0 Å². The Morgan fingerprint density at radius 1 is 1.15 bits per heavy atom. The SMILES string of the molecule is O=C(COc1ccc(Cl)cc1)NC[C@@H](c1cccs1)N1CCCCCC1. The zero-order valence-electron chi connectivity index (χ0n) is 14.8. The lowest BCUT2D eigenvalue weighted by atomic mass is 10.2. The molecule has 1 aliphatic rings. The van der Waals surface area contributed by atoms with Gasteiger partial charge in [0.15, 0.2) is 6.61 Å². The molecule has 0 bridgehead atoms. The van der Waals surface area contributed by atoms with Gasteiger partial charge in [-0.2, -0.15) is 0 Å². The largest absolute Gasteiger partial charge is 0.484 e. The van der Waals surface area contributed by atoms with E-state index in [1.165, 1.54) is 30.6 Å². The van der Waals surface area contributed by atoms with Gasteiger partial charge in [-0.05, 0) is 61.6 Å². The number of benzene rings is 1. The van der Waals surface area contributed by atoms with Gasteiger partial charge in [0.1, 0.15) is 5.75 Å². The van der Waals surface area contributed by atoms with Crippen LogP contribution in [-0.2, 0) is 4.79 Å². The molecule has 0 unspecified atom stereocenters. The van der Waals surface area contributed by atoms with Crippen molar-refractivity contribution in [1.82, 2.24) is 10.2 Å². The molecule has 3 rings (SSSR count). The average molecular weight is 393 g/mol. The number of thiophene rings is 1. The molecule has 6 heteroatoms. The van der Waals surface area contributed by atoms with Crippen molar-refractivity contribution in [2.75, 3.05) is 26.2 Å². The van der Waals surface area contributed by atoms with Crippen molar-refractivity contribution in [2.45, 2.75) is 31.7 Å². The number of carbonyl (C=O) groups excluding carboxylic acids is 1. The Morgan fingerprint density at radius 2 is 1.88 bits per heavy atom. The number of ether oxygens (including phenoxy) is 1. The number of amides is 1. The summed E-state index contributed by atoms with van der Waals surface area (Å²) in [4.78, 5) is 16.1. The molecule has 0 saturated carbocycles. The van der Waals surface area contributed by atoms with Crippen molar-refractivity contribution in [3.63, 3.8) is 0 Å². The van der Waals surface area contributed by atoms with Crippen LogP contribution in [0.3, 0.4) is 0 Å². The van der Waals surface area contributed by atoms with Crippen molar-refractivity contribution >= 4 is 28.8 Å². The molecule has 1 aromatic heterocycles. The molecule has 1 amide bonds. The molecular weight excluding hydrogens is 368 g/mol. The first-order valence-electron chi connectivity index (χ1n) is 9.15. The van der Waals surface area contributed by atoms with E-state index in [2.05, 4.69) is 27.7 Å². The van der Waals surface area contributed by atoms with Gasteiger partial charge in [0.2, 0.25) is 0 Å². The number of rotatable bonds is 7. The van der Waals surface area contributed by atoms with Gasteiger partial charge in [0.25, 0.3) is 5.91 Å². The summed E-state index contributed by atoms with van der Waals surface area (Å²) in [5, 5.41) is 5.80. The van der Waals surface area contributed by atoms with Crippen LogP contribution in [0.1, 0.15) is 36.6 Å². The first kappa shape index (κ1) is 19.2. The van der Waals surface area contributed by atoms with Crippen LogP contribution in [0.15, 0.2) is 41.8 Å². The monoisotopic (exact) mass is 392 g/mol. The molecular formula is C20H25ClN2O2S. The minimum Gasteiger partial charge on any atom is -0.484 e. The van der Waals surface area contributed by atoms with Crippen molar-refractivity contribution in [1.29, 1.82) is 0 Å². The van der Waals surface area contributed by atoms with Crippen molar-refractivity contribution in [3.8, 4) is 5.75 Å². The summed E-state index contributed by atoms with van der Waals surface area (Å²) in [5.41, 5.74) is 0. The van der Waals surface area contributed by atoms with E-state index < -0.39 is 0 Å². The van der Waals surface area contributed by atoms with E-state index in [-0.39, 0.29) is 18.6 Å². The topological polar surface area (TPSA) is 41.6 Å². The Bertz CT molecular complexity index is 668. The van der Waals surface area contributed by atoms with Gasteiger partial charge < -0.3 is 10.1 Å². The van der Waals surface area contributed by atoms with Crippen LogP contribution < -0.4 is 10.1 Å². The number of nitrogens with one attached hydrogen (secondary N) is 1. The Labute approximate surface area is 164 Å². The van der Waals surface area contributed by atoms with E-state index in [0.29, 0.717) is 17.3 Å². The summed E-state index contributed by atoms with van der Waals surface area (Å²) in [5.74, 6) is 0.545. The van der Waals surface area contributed by atoms with Crippen LogP contribution in [0.4, 0.5) is 0 Å². The Kier molecular flexibility index (Phi) is 7.35. The third-order valence-electron chi connectivity index (χ3n) is 4.63. The number of nitrogens with zero attached hydrogens (tertiary/aromatic N) is 1. The van der Waals surface area contributed by atoms with Crippen LogP contribution in [0.5, 0.6) is 5.75 Å². The van der Waals surface area contributed by atoms with Crippen LogP contribution in [0, 0.1) is 0 Å². The second kappa shape index (κ2) is 9.95. The molecule has 4 nitrogen and oxygen atoms in total. The van der Waals surface area contributed by atoms with Crippen molar-refractivity contribution < 1.29 is 9.53 Å². The van der Waals surface area contributed by atoms with Gasteiger partial charge in [-0.1, -0.05) is 30.5 Å². The molecule has 140 valence electrons. The number of halogens is 1. The summed E-state index contributed by atoms with van der Waals surface area (Å²) in [7, 11) is 0. The van der Waals surface area contributed by atoms with Crippen LogP contribution in [0.2, 0.25) is 5.02 Å². The van der Waals surface area contributed by atoms with E-state index in [9.17, 15) is 4.79 Å². The molecule has 1 aromatic carbocycles. The van der Waals surface area contributed by atoms with E-state index in [4.69, 9.17) is 16.3 Å². The summed E-state index contributed by atoms with van der Waals surface area (Å²) in [6.07, 6.45) is 5.06. The third kappa shape index (κ3) is 5.73. The number of hydrogen-bond acceptors (Lipinski definition) is 4. The van der Waals surface area contributed by atoms with Crippen LogP contribution in [-0.4, -0.2) is 37.0 Å². The third-order valence-corrected chi connectivity index (χ3v) is 5.85. The fourth-order valence-corrected chi connectivity index (χ4v) is 4.23. The number of hydrogen-bond donors (Lipinski definition) is 1. The summed E-state index contributed by atoms with van der Waals surface area (Å²) in [6, 6.07) is 11.5. The Balaban J connectivity index is 1.53. The zero-order valence-corrected chi connectivity index (χ0v) is 16.4. The minimum absolute atomic E-state index is 0.0127. The standard InChI is InChI=1S/C20H25ClN2O2S/c21-16-7-9-17(10-8-16)25-15-20(24)22-14-18(19-6-5-13-26-19)23-11-3-1-2-4-12-23/h5-10,13,18H,1-4,11-12,14-15H2,(H,22,24)/t18-/m0/s1. The van der Waals surface area contributed by atoms with Crippen molar-refractivity contribution in [3.05, 3.63) is 51.7 Å². The molecule has 0 spiro atoms. The van der Waals surface area contributed by atoms with E-state index in [1.54, 1.807) is 35.6 Å². The number of carbonyl (C=O) groups is 1. The Hall–Kier alpha value is -1.56. The maximum atomic E-state index is 12.2. The molecule has 26 heavy (non-hydrogen) atoms. The average Bonchev–Trinajstić information content (AvgIpc) is 3.04. The van der Waals surface area contributed by atoms with Gasteiger partial charge in [-0.15, -0.1) is 11.3 Å². The highest BCUT2D eigenvalue weighted by atomic mass is 35.5. The summed E-state index contributed by atoms with van der Waals surface area (Å²) < 4.78 is 5.53. The molecule has 2 aromatic rings. The lowest BCUT2D eigenvalue weighted by Gasteiger charge is -2.30. The van der Waals surface area contributed by atoms with Crippen LogP contribution in [0.25, 0.3) is 0 Å². The van der Waals surface area contributed by atoms with Crippen LogP contribution >= 0.6 is 22.9 Å². The summed E-state index contributed by atoms with van der Waals surface area (Å²) >= 11 is 7.61. The van der Waals surface area contributed by atoms with Gasteiger partial charge >= 0.3 is 0 Å². The molecule has 2 heterocycles. The first-order valence-corrected chi connectivity index (χ1v) is 10.4. The lowest BCUT2D eigenvalue weighted by molar-refractivity contribution is -0.123. The minimum atomic E-state index is -0.101. The van der Waals surface area contributed by atoms with Gasteiger partial charge in [0.05, 0.1) is 6.04 Å². The predicted octanol–water partition coefficient (Wildman–Crippen LogP) is 4.51. The van der Waals surface area contributed by atoms with Crippen molar-refractivity contribution in [2.24, 2.45) is 0 Å². The molecule has 0 radical (unpaired) electrons. The number of likely N-dealkylation sites (tertiary alicyclic amines) is 1. The Morgan fingerprint density at radius 3 is 2.54 bits per heavy atom. The molecule has 1 atom stereocenters. The highest BCUT2D eigenvalue weighted by Crippen LogP contribution is 2.27. The fraction of sp³-hybridized carbons (Fsp3) is 0.450. The van der Waals surface area contributed by atoms with E-state index >= 15 is 0 Å². The maximum absolute atomic E-state index is 12.2. The zero-order chi connectivity index (χ0) is 18.2. The highest BCUT2D eigenvalue weighted by molar-refractivity contribution is 7.10. The normalized spacial score (nSPS) is 16.7. The first-order chi connectivity index (χ1) is 12.7. The molecule has 1 saturated heterocycles. The molecule has 1 fully saturated rings. The molecule has 0 aliphatic carbocycles. The quantitative estimate of drug-likeness (QED) is 0.753. The molecule has 1 N–H and O–H groups in total. The lowest BCUT2D eigenvalue weighted by Crippen LogP contribution is -2.39. The predicted molar refractivity (Wildman–Crippen MR) is 107 cm³/mol. The van der Waals surface area contributed by atoms with Gasteiger partial charge in [0, 0.05) is 16.4 Å². The van der Waals surface area contributed by atoms with Gasteiger partial charge in [-0.3, -0.25) is 9.69 Å². The van der Waals surface area contributed by atoms with Gasteiger partial charge in [-0.25, -0.2) is 0 Å². The molecule has 1 aliphatic heterocycles. The highest BCUT2D eigenvalue weighted by Gasteiger charge is 2.23.